The highest BCUT2D eigenvalue weighted by atomic mass is 16.4. The van der Waals surface area contributed by atoms with Crippen molar-refractivity contribution in [2.24, 2.45) is 16.6 Å². The van der Waals surface area contributed by atoms with Crippen LogP contribution in [0.3, 0.4) is 0 Å². The predicted molar refractivity (Wildman–Crippen MR) is 43.6 cm³/mol. The molecular weight excluding hydrogens is 144 g/mol. The quantitative estimate of drug-likeness (QED) is 0.461. The molecule has 0 radical (unpaired) electrons. The number of carboxylic acid groups (broad SMARTS) is 1. The summed E-state index contributed by atoms with van der Waals surface area (Å²) in [6.45, 7) is 3.84. The number of rotatable bonds is 4. The van der Waals surface area contributed by atoms with Gasteiger partial charge >= 0.3 is 5.97 Å². The normalized spacial score (nSPS) is 14.5. The Kier molecular flexibility index (Phi) is 4.26. The fourth-order valence-corrected chi connectivity index (χ4v) is 0.558. The van der Waals surface area contributed by atoms with E-state index in [0.29, 0.717) is 18.8 Å². The fourth-order valence-electron chi connectivity index (χ4n) is 0.558. The Morgan fingerprint density at radius 2 is 2.27 bits per heavy atom. The number of carboxylic acids is 1. The van der Waals surface area contributed by atoms with Crippen LogP contribution in [0, 0.1) is 5.92 Å². The molecule has 0 amide bonds. The van der Waals surface area contributed by atoms with Gasteiger partial charge in [-0.25, -0.2) is 0 Å². The van der Waals surface area contributed by atoms with Gasteiger partial charge in [0.05, 0.1) is 11.8 Å². The SMILES string of the molecule is CC(N)=NCC[C@H](C)C(=O)O. The first-order valence-corrected chi connectivity index (χ1v) is 3.53. The van der Waals surface area contributed by atoms with Gasteiger partial charge in [0.25, 0.3) is 0 Å². The van der Waals surface area contributed by atoms with Crippen molar-refractivity contribution in [1.29, 1.82) is 0 Å². The Bertz CT molecular complexity index is 162. The first-order chi connectivity index (χ1) is 5.04. The first-order valence-electron chi connectivity index (χ1n) is 3.53. The molecule has 11 heavy (non-hydrogen) atoms. The Morgan fingerprint density at radius 1 is 1.73 bits per heavy atom. The summed E-state index contributed by atoms with van der Waals surface area (Å²) in [7, 11) is 0. The Labute approximate surface area is 66.1 Å². The highest BCUT2D eigenvalue weighted by molar-refractivity contribution is 5.77. The molecule has 0 aliphatic rings. The smallest absolute Gasteiger partial charge is 0.306 e. The zero-order valence-corrected chi connectivity index (χ0v) is 6.87. The zero-order valence-electron chi connectivity index (χ0n) is 6.87. The lowest BCUT2D eigenvalue weighted by atomic mass is 10.1. The maximum absolute atomic E-state index is 10.3. The highest BCUT2D eigenvalue weighted by Crippen LogP contribution is 2.00. The first kappa shape index (κ1) is 9.94. The molecule has 0 unspecified atom stereocenters. The van der Waals surface area contributed by atoms with Crippen LogP contribution >= 0.6 is 0 Å². The molecule has 1 atom stereocenters. The van der Waals surface area contributed by atoms with Crippen molar-refractivity contribution in [2.75, 3.05) is 6.54 Å². The molecule has 4 nitrogen and oxygen atoms in total. The topological polar surface area (TPSA) is 75.7 Å². The van der Waals surface area contributed by atoms with Gasteiger partial charge in [0.1, 0.15) is 0 Å². The average Bonchev–Trinajstić information content (AvgIpc) is 1.86. The van der Waals surface area contributed by atoms with Crippen LogP contribution in [0.2, 0.25) is 0 Å². The molecular formula is C7H14N2O2. The molecule has 0 fully saturated rings. The van der Waals surface area contributed by atoms with E-state index in [1.54, 1.807) is 13.8 Å². The number of nitrogens with zero attached hydrogens (tertiary/aromatic N) is 1. The van der Waals surface area contributed by atoms with Crippen molar-refractivity contribution in [3.05, 3.63) is 0 Å². The van der Waals surface area contributed by atoms with Crippen molar-refractivity contribution in [1.82, 2.24) is 0 Å². The van der Waals surface area contributed by atoms with E-state index in [-0.39, 0.29) is 5.92 Å². The van der Waals surface area contributed by atoms with Crippen LogP contribution in [-0.4, -0.2) is 23.5 Å². The molecule has 0 spiro atoms. The van der Waals surface area contributed by atoms with E-state index < -0.39 is 5.97 Å². The minimum Gasteiger partial charge on any atom is -0.481 e. The summed E-state index contributed by atoms with van der Waals surface area (Å²) in [4.78, 5) is 14.2. The van der Waals surface area contributed by atoms with Crippen LogP contribution in [0.4, 0.5) is 0 Å². The van der Waals surface area contributed by atoms with Gasteiger partial charge in [0, 0.05) is 6.54 Å². The second-order valence-corrected chi connectivity index (χ2v) is 2.55. The number of hydrogen-bond acceptors (Lipinski definition) is 2. The van der Waals surface area contributed by atoms with Gasteiger partial charge in [-0.1, -0.05) is 6.92 Å². The van der Waals surface area contributed by atoms with E-state index >= 15 is 0 Å². The molecule has 0 aromatic heterocycles. The van der Waals surface area contributed by atoms with Crippen molar-refractivity contribution in [3.63, 3.8) is 0 Å². The summed E-state index contributed by atoms with van der Waals surface area (Å²) < 4.78 is 0. The summed E-state index contributed by atoms with van der Waals surface area (Å²) in [5.41, 5.74) is 5.26. The Hall–Kier alpha value is -1.06. The Balaban J connectivity index is 3.55. The molecule has 0 heterocycles. The van der Waals surface area contributed by atoms with E-state index in [2.05, 4.69) is 4.99 Å². The fraction of sp³-hybridized carbons (Fsp3) is 0.714. The second-order valence-electron chi connectivity index (χ2n) is 2.55. The van der Waals surface area contributed by atoms with Gasteiger partial charge in [-0.05, 0) is 13.3 Å². The Morgan fingerprint density at radius 3 is 2.64 bits per heavy atom. The van der Waals surface area contributed by atoms with Crippen LogP contribution in [0.25, 0.3) is 0 Å². The molecule has 0 aromatic rings. The molecule has 0 aliphatic carbocycles. The van der Waals surface area contributed by atoms with Crippen LogP contribution < -0.4 is 5.73 Å². The van der Waals surface area contributed by atoms with E-state index in [9.17, 15) is 4.79 Å². The third-order valence-corrected chi connectivity index (χ3v) is 1.34. The van der Waals surface area contributed by atoms with Gasteiger partial charge in [0.15, 0.2) is 0 Å². The van der Waals surface area contributed by atoms with Crippen LogP contribution in [0.1, 0.15) is 20.3 Å². The van der Waals surface area contributed by atoms with E-state index in [0.717, 1.165) is 0 Å². The molecule has 0 saturated heterocycles. The largest absolute Gasteiger partial charge is 0.481 e. The summed E-state index contributed by atoms with van der Waals surface area (Å²) in [5.74, 6) is -0.615. The summed E-state index contributed by atoms with van der Waals surface area (Å²) in [6.07, 6.45) is 0.546. The van der Waals surface area contributed by atoms with Gasteiger partial charge < -0.3 is 10.8 Å². The maximum Gasteiger partial charge on any atom is 0.306 e. The monoisotopic (exact) mass is 158 g/mol. The lowest BCUT2D eigenvalue weighted by Gasteiger charge is -2.01. The molecule has 0 aliphatic heterocycles. The van der Waals surface area contributed by atoms with Gasteiger partial charge in [-0.2, -0.15) is 0 Å². The molecule has 0 bridgehead atoms. The second kappa shape index (κ2) is 4.71. The third-order valence-electron chi connectivity index (χ3n) is 1.34. The molecule has 3 N–H and O–H groups in total. The average molecular weight is 158 g/mol. The number of aliphatic imine (C=N–C) groups is 1. The molecule has 64 valence electrons. The van der Waals surface area contributed by atoms with E-state index in [1.807, 2.05) is 0 Å². The van der Waals surface area contributed by atoms with Gasteiger partial charge in [-0.3, -0.25) is 9.79 Å². The minimum atomic E-state index is -0.783. The molecule has 0 rings (SSSR count). The molecule has 4 heteroatoms. The number of amidine groups is 1. The van der Waals surface area contributed by atoms with Gasteiger partial charge in [-0.15, -0.1) is 0 Å². The van der Waals surface area contributed by atoms with Crippen LogP contribution in [0.5, 0.6) is 0 Å². The van der Waals surface area contributed by atoms with Crippen molar-refractivity contribution < 1.29 is 9.90 Å². The summed E-state index contributed by atoms with van der Waals surface area (Å²) >= 11 is 0. The van der Waals surface area contributed by atoms with Crippen molar-refractivity contribution in [3.8, 4) is 0 Å². The van der Waals surface area contributed by atoms with Crippen molar-refractivity contribution >= 4 is 11.8 Å². The number of nitrogens with two attached hydrogens (primary N) is 1. The van der Waals surface area contributed by atoms with Gasteiger partial charge in [0.2, 0.25) is 0 Å². The third kappa shape index (κ3) is 5.39. The van der Waals surface area contributed by atoms with E-state index in [4.69, 9.17) is 10.8 Å². The standard InChI is InChI=1S/C7H14N2O2/c1-5(7(10)11)3-4-9-6(2)8/h5H,3-4H2,1-2H3,(H2,8,9)(H,10,11)/t5-/m0/s1. The van der Waals surface area contributed by atoms with Crippen molar-refractivity contribution in [2.45, 2.75) is 20.3 Å². The number of carbonyl (C=O) groups is 1. The molecule has 0 aromatic carbocycles. The zero-order chi connectivity index (χ0) is 8.85. The van der Waals surface area contributed by atoms with Crippen LogP contribution in [0.15, 0.2) is 4.99 Å². The lowest BCUT2D eigenvalue weighted by Crippen LogP contribution is -2.12. The van der Waals surface area contributed by atoms with E-state index in [1.165, 1.54) is 0 Å². The minimum absolute atomic E-state index is 0.335. The van der Waals surface area contributed by atoms with Crippen LogP contribution in [-0.2, 0) is 4.79 Å². The summed E-state index contributed by atoms with van der Waals surface area (Å²) in [6, 6.07) is 0. The highest BCUT2D eigenvalue weighted by Gasteiger charge is 2.08. The lowest BCUT2D eigenvalue weighted by molar-refractivity contribution is -0.141. The summed E-state index contributed by atoms with van der Waals surface area (Å²) in [5, 5.41) is 8.47. The number of aliphatic carboxylic acids is 1. The number of hydrogen-bond donors (Lipinski definition) is 2. The predicted octanol–water partition coefficient (Wildman–Crippen LogP) is 0.474. The molecule has 0 saturated carbocycles. The maximum atomic E-state index is 10.3.